The number of rotatable bonds is 8. The zero-order valence-electron chi connectivity index (χ0n) is 26.7. The first-order chi connectivity index (χ1) is 22.3. The molecule has 0 bridgehead atoms. The monoisotopic (exact) mass is 698 g/mol. The van der Waals surface area contributed by atoms with Gasteiger partial charge in [0.1, 0.15) is 17.8 Å². The van der Waals surface area contributed by atoms with Gasteiger partial charge in [-0.3, -0.25) is 9.69 Å². The lowest BCUT2D eigenvalue weighted by Gasteiger charge is -2.42. The number of hydrogen-bond acceptors (Lipinski definition) is 9. The van der Waals surface area contributed by atoms with E-state index in [-0.39, 0.29) is 26.0 Å². The molecule has 3 heterocycles. The highest BCUT2D eigenvalue weighted by molar-refractivity contribution is 7.93. The average molecular weight is 700 g/mol. The van der Waals surface area contributed by atoms with E-state index in [0.29, 0.717) is 47.9 Å². The maximum absolute atomic E-state index is 15.6. The van der Waals surface area contributed by atoms with Gasteiger partial charge in [-0.2, -0.15) is 0 Å². The molecule has 1 amide bonds. The number of likely N-dealkylation sites (tertiary alicyclic amines) is 1. The lowest BCUT2D eigenvalue weighted by atomic mass is 9.77. The predicted molar refractivity (Wildman–Crippen MR) is 179 cm³/mol. The van der Waals surface area contributed by atoms with E-state index in [9.17, 15) is 8.42 Å². The van der Waals surface area contributed by atoms with Crippen molar-refractivity contribution in [1.82, 2.24) is 9.88 Å². The summed E-state index contributed by atoms with van der Waals surface area (Å²) in [5, 5.41) is 0.241. The van der Waals surface area contributed by atoms with Crippen LogP contribution in [0.4, 0.5) is 5.69 Å². The van der Waals surface area contributed by atoms with Crippen molar-refractivity contribution in [3.05, 3.63) is 99.7 Å². The number of aromatic nitrogens is 1. The quantitative estimate of drug-likeness (QED) is 0.210. The molecule has 248 valence electrons. The minimum atomic E-state index is -4.51. The molecule has 2 aliphatic heterocycles. The van der Waals surface area contributed by atoms with Gasteiger partial charge in [0.05, 0.1) is 47.1 Å². The van der Waals surface area contributed by atoms with Crippen LogP contribution in [0.15, 0.2) is 76.4 Å². The Morgan fingerprint density at radius 1 is 1.02 bits per heavy atom. The van der Waals surface area contributed by atoms with E-state index in [0.717, 1.165) is 9.87 Å². The van der Waals surface area contributed by atoms with Crippen LogP contribution in [-0.2, 0) is 20.4 Å². The number of benzene rings is 3. The number of amides is 1. The average Bonchev–Trinajstić information content (AvgIpc) is 3.80. The van der Waals surface area contributed by atoms with Crippen molar-refractivity contribution in [3.63, 3.8) is 0 Å². The fourth-order valence-corrected chi connectivity index (χ4v) is 8.45. The van der Waals surface area contributed by atoms with Crippen molar-refractivity contribution in [3.8, 4) is 11.5 Å². The number of oxazole rings is 1. The standard InChI is InChI=1S/C34H36Cl2N4O6S/c1-33(2,3)30(37)20-8-13-29(45-5)24(17-20)34(39-15-6-7-27(39)31-38-14-16-46-31)23-18-25(35)26(36)19-28(23)40(32(34)41)47(42,43)22-11-9-21(44-4)10-12-22/h8-14,16-19,27,30H,6-7,15,37H2,1-5H3/t27-,30?,34?/m0/s1. The Bertz CT molecular complexity index is 1930. The molecule has 3 aromatic carbocycles. The van der Waals surface area contributed by atoms with Crippen LogP contribution in [0.25, 0.3) is 0 Å². The summed E-state index contributed by atoms with van der Waals surface area (Å²) >= 11 is 13.3. The minimum Gasteiger partial charge on any atom is -0.497 e. The van der Waals surface area contributed by atoms with Crippen LogP contribution in [0.5, 0.6) is 11.5 Å². The number of methoxy groups -OCH3 is 2. The summed E-state index contributed by atoms with van der Waals surface area (Å²) in [4.78, 5) is 21.8. The van der Waals surface area contributed by atoms with E-state index in [1.165, 1.54) is 50.8 Å². The number of hydrogen-bond donors (Lipinski definition) is 1. The summed E-state index contributed by atoms with van der Waals surface area (Å²) in [5.74, 6) is 0.472. The Labute approximate surface area is 284 Å². The maximum atomic E-state index is 15.6. The van der Waals surface area contributed by atoms with Gasteiger partial charge in [-0.25, -0.2) is 17.7 Å². The SMILES string of the molecule is COc1ccc(S(=O)(=O)N2C(=O)C(c3cc(C(N)C(C)(C)C)ccc3OC)(N3CCC[C@H]3c3ncco3)c3cc(Cl)c(Cl)cc32)cc1. The molecule has 4 aromatic rings. The lowest BCUT2D eigenvalue weighted by Crippen LogP contribution is -2.54. The van der Waals surface area contributed by atoms with Gasteiger partial charge in [0.25, 0.3) is 15.9 Å². The number of anilines is 1. The number of carbonyl (C=O) groups excluding carboxylic acids is 1. The Morgan fingerprint density at radius 3 is 2.34 bits per heavy atom. The molecule has 1 aromatic heterocycles. The second kappa shape index (κ2) is 12.1. The highest BCUT2D eigenvalue weighted by Crippen LogP contribution is 2.58. The molecular weight excluding hydrogens is 663 g/mol. The Kier molecular flexibility index (Phi) is 8.59. The summed E-state index contributed by atoms with van der Waals surface area (Å²) in [6.07, 6.45) is 4.29. The zero-order chi connectivity index (χ0) is 33.9. The third kappa shape index (κ3) is 5.28. The Balaban J connectivity index is 1.71. The van der Waals surface area contributed by atoms with Crippen molar-refractivity contribution in [1.29, 1.82) is 0 Å². The van der Waals surface area contributed by atoms with Crippen molar-refractivity contribution in [2.45, 2.75) is 56.1 Å². The number of sulfonamides is 1. The second-order valence-corrected chi connectivity index (χ2v) is 15.4. The third-order valence-electron chi connectivity index (χ3n) is 9.06. The fraction of sp³-hybridized carbons (Fsp3) is 0.353. The highest BCUT2D eigenvalue weighted by atomic mass is 35.5. The van der Waals surface area contributed by atoms with Crippen LogP contribution in [0, 0.1) is 5.41 Å². The predicted octanol–water partition coefficient (Wildman–Crippen LogP) is 6.86. The topological polar surface area (TPSA) is 128 Å². The summed E-state index contributed by atoms with van der Waals surface area (Å²) in [7, 11) is -1.52. The van der Waals surface area contributed by atoms with E-state index in [1.807, 2.05) is 37.8 Å². The van der Waals surface area contributed by atoms with E-state index >= 15 is 4.79 Å². The van der Waals surface area contributed by atoms with E-state index in [1.54, 1.807) is 18.3 Å². The van der Waals surface area contributed by atoms with Crippen LogP contribution in [-0.4, -0.2) is 45.0 Å². The molecule has 0 spiro atoms. The number of nitrogens with two attached hydrogens (primary N) is 1. The Morgan fingerprint density at radius 2 is 1.72 bits per heavy atom. The third-order valence-corrected chi connectivity index (χ3v) is 11.5. The number of ether oxygens (including phenoxy) is 2. The first-order valence-corrected chi connectivity index (χ1v) is 17.3. The lowest BCUT2D eigenvalue weighted by molar-refractivity contribution is -0.127. The van der Waals surface area contributed by atoms with Crippen molar-refractivity contribution < 1.29 is 27.1 Å². The molecule has 2 aliphatic rings. The van der Waals surface area contributed by atoms with Gasteiger partial charge in [-0.15, -0.1) is 0 Å². The number of fused-ring (bicyclic) bond motifs is 1. The zero-order valence-corrected chi connectivity index (χ0v) is 29.0. The van der Waals surface area contributed by atoms with Gasteiger partial charge in [-0.05, 0) is 72.4 Å². The van der Waals surface area contributed by atoms with Gasteiger partial charge in [0.2, 0.25) is 5.89 Å². The molecular formula is C34H36Cl2N4O6S. The molecule has 1 fully saturated rings. The van der Waals surface area contributed by atoms with Crippen molar-refractivity contribution >= 4 is 44.8 Å². The summed E-state index contributed by atoms with van der Waals surface area (Å²) in [5.41, 5.74) is 6.21. The maximum Gasteiger partial charge on any atom is 0.271 e. The van der Waals surface area contributed by atoms with E-state index < -0.39 is 33.6 Å². The molecule has 1 saturated heterocycles. The van der Waals surface area contributed by atoms with Gasteiger partial charge in [0, 0.05) is 23.7 Å². The van der Waals surface area contributed by atoms with Gasteiger partial charge in [0.15, 0.2) is 5.54 Å². The van der Waals surface area contributed by atoms with E-state index in [4.69, 9.17) is 42.8 Å². The molecule has 10 nitrogen and oxygen atoms in total. The first-order valence-electron chi connectivity index (χ1n) is 15.1. The number of nitrogens with zero attached hydrogens (tertiary/aromatic N) is 3. The minimum absolute atomic E-state index is 0.0749. The van der Waals surface area contributed by atoms with Crippen LogP contribution in [0.3, 0.4) is 0 Å². The highest BCUT2D eigenvalue weighted by Gasteiger charge is 2.63. The van der Waals surface area contributed by atoms with Crippen LogP contribution in [0.2, 0.25) is 10.0 Å². The second-order valence-electron chi connectivity index (χ2n) is 12.8. The molecule has 2 unspecified atom stereocenters. The largest absolute Gasteiger partial charge is 0.497 e. The van der Waals surface area contributed by atoms with Crippen LogP contribution < -0.4 is 19.5 Å². The molecule has 2 N–H and O–H groups in total. The molecule has 0 saturated carbocycles. The van der Waals surface area contributed by atoms with Crippen molar-refractivity contribution in [2.24, 2.45) is 11.1 Å². The molecule has 0 aliphatic carbocycles. The molecule has 3 atom stereocenters. The molecule has 6 rings (SSSR count). The number of halogens is 2. The summed E-state index contributed by atoms with van der Waals surface area (Å²) in [6, 6.07) is 13.4. The van der Waals surface area contributed by atoms with Gasteiger partial charge >= 0.3 is 0 Å². The summed E-state index contributed by atoms with van der Waals surface area (Å²) < 4.78 is 47.0. The number of carbonyl (C=O) groups is 1. The molecule has 0 radical (unpaired) electrons. The Hall–Kier alpha value is -3.61. The van der Waals surface area contributed by atoms with Gasteiger partial charge in [-0.1, -0.05) is 50.0 Å². The van der Waals surface area contributed by atoms with Gasteiger partial charge < -0.3 is 19.6 Å². The molecule has 13 heteroatoms. The fourth-order valence-electron chi connectivity index (χ4n) is 6.68. The van der Waals surface area contributed by atoms with Crippen LogP contribution in [0.1, 0.15) is 68.3 Å². The molecule has 47 heavy (non-hydrogen) atoms. The van der Waals surface area contributed by atoms with E-state index in [2.05, 4.69) is 4.98 Å². The first kappa shape index (κ1) is 33.3. The van der Waals surface area contributed by atoms with Crippen molar-refractivity contribution in [2.75, 3.05) is 25.1 Å². The summed E-state index contributed by atoms with van der Waals surface area (Å²) in [6.45, 7) is 6.47. The normalized spacial score (nSPS) is 20.8. The van der Waals surface area contributed by atoms with Crippen LogP contribution >= 0.6 is 23.2 Å². The smallest absolute Gasteiger partial charge is 0.271 e.